The van der Waals surface area contributed by atoms with Crippen LogP contribution in [0.5, 0.6) is 23.5 Å². The second kappa shape index (κ2) is 23.5. The van der Waals surface area contributed by atoms with Crippen molar-refractivity contribution >= 4 is 11.6 Å². The molecule has 2 atom stereocenters. The molecule has 10 nitrogen and oxygen atoms in total. The molecular formula is C45H65ClN8O2. The van der Waals surface area contributed by atoms with Gasteiger partial charge in [-0.05, 0) is 87.1 Å². The second-order valence-corrected chi connectivity index (χ2v) is 15.8. The molecule has 2 aliphatic carbocycles. The Morgan fingerprint density at radius 1 is 0.571 bits per heavy atom. The number of aromatic nitrogens is 4. The second-order valence-electron chi connectivity index (χ2n) is 15.1. The lowest BCUT2D eigenvalue weighted by Crippen LogP contribution is -2.51. The quantitative estimate of drug-likeness (QED) is 0.166. The van der Waals surface area contributed by atoms with E-state index in [0.717, 1.165) is 36.5 Å². The third-order valence-electron chi connectivity index (χ3n) is 11.4. The normalized spacial score (nSPS) is 19.8. The van der Waals surface area contributed by atoms with Crippen molar-refractivity contribution in [2.24, 2.45) is 0 Å². The topological polar surface area (TPSA) is 91.8 Å². The first-order valence-corrected chi connectivity index (χ1v) is 21.1. The first-order valence-electron chi connectivity index (χ1n) is 20.7. The fourth-order valence-electron chi connectivity index (χ4n) is 8.14. The summed E-state index contributed by atoms with van der Waals surface area (Å²) in [6.45, 7) is 14.0. The lowest BCUT2D eigenvalue weighted by Gasteiger charge is -2.42. The molecule has 4 aromatic rings. The van der Waals surface area contributed by atoms with Crippen LogP contribution in [-0.4, -0.2) is 99.1 Å². The molecule has 0 spiro atoms. The zero-order valence-electron chi connectivity index (χ0n) is 32.9. The van der Waals surface area contributed by atoms with Crippen molar-refractivity contribution in [1.82, 2.24) is 40.0 Å². The minimum absolute atomic E-state index is 0. The summed E-state index contributed by atoms with van der Waals surface area (Å²) >= 11 is 5.95. The van der Waals surface area contributed by atoms with E-state index in [-0.39, 0.29) is 12.8 Å². The molecule has 2 aliphatic heterocycles. The first kappa shape index (κ1) is 43.5. The third kappa shape index (κ3) is 13.8. The largest absolute Gasteiger partial charge is 0.424 e. The summed E-state index contributed by atoms with van der Waals surface area (Å²) in [4.78, 5) is 24.2. The van der Waals surface area contributed by atoms with Crippen LogP contribution in [-0.2, 0) is 0 Å². The van der Waals surface area contributed by atoms with E-state index in [1.807, 2.05) is 43.3 Å². The summed E-state index contributed by atoms with van der Waals surface area (Å²) < 4.78 is 11.1. The van der Waals surface area contributed by atoms with Crippen LogP contribution in [0.4, 0.5) is 0 Å². The lowest BCUT2D eigenvalue weighted by molar-refractivity contribution is 0.0602. The fraction of sp³-hybridized carbons (Fsp3) is 0.556. The van der Waals surface area contributed by atoms with Gasteiger partial charge in [0.05, 0.1) is 5.38 Å². The van der Waals surface area contributed by atoms with Crippen LogP contribution in [0.25, 0.3) is 0 Å². The van der Waals surface area contributed by atoms with Gasteiger partial charge in [-0.3, -0.25) is 14.7 Å². The molecule has 0 radical (unpaired) electrons. The van der Waals surface area contributed by atoms with Gasteiger partial charge < -0.3 is 14.8 Å². The fourth-order valence-corrected chi connectivity index (χ4v) is 8.29. The molecule has 2 aromatic heterocycles. The SMILES string of the molecule is C.C1CCC(N2CCNCC2)CC1.CC(Cl)c1ccc(Oc2ncccn2)cc1.CC(c1ccc(Oc2ncccn2)cc1)N1CCN(C2CCCCC2)CC1. The summed E-state index contributed by atoms with van der Waals surface area (Å²) in [7, 11) is 0. The van der Waals surface area contributed by atoms with E-state index in [2.05, 4.69) is 59.0 Å². The molecule has 4 aliphatic rings. The molecule has 304 valence electrons. The minimum atomic E-state index is 0. The van der Waals surface area contributed by atoms with E-state index < -0.39 is 0 Å². The van der Waals surface area contributed by atoms with E-state index in [0.29, 0.717) is 23.8 Å². The Kier molecular flexibility index (Phi) is 18.3. The number of hydrogen-bond acceptors (Lipinski definition) is 10. The Balaban J connectivity index is 0.000000175. The maximum atomic E-state index is 5.95. The van der Waals surface area contributed by atoms with Crippen LogP contribution in [0.1, 0.15) is 108 Å². The van der Waals surface area contributed by atoms with Crippen molar-refractivity contribution in [3.05, 3.63) is 96.6 Å². The summed E-state index contributed by atoms with van der Waals surface area (Å²) in [6, 6.07) is 22.4. The molecule has 2 aromatic carbocycles. The van der Waals surface area contributed by atoms with Gasteiger partial charge >= 0.3 is 12.0 Å². The highest BCUT2D eigenvalue weighted by atomic mass is 35.5. The first-order chi connectivity index (χ1) is 27.0. The van der Waals surface area contributed by atoms with Gasteiger partial charge in [0.1, 0.15) is 11.5 Å². The average Bonchev–Trinajstić information content (AvgIpc) is 3.26. The van der Waals surface area contributed by atoms with Gasteiger partial charge in [-0.15, -0.1) is 11.6 Å². The predicted octanol–water partition coefficient (Wildman–Crippen LogP) is 9.71. The Morgan fingerprint density at radius 3 is 1.41 bits per heavy atom. The third-order valence-corrected chi connectivity index (χ3v) is 11.7. The minimum Gasteiger partial charge on any atom is -0.424 e. The van der Waals surface area contributed by atoms with Crippen molar-refractivity contribution < 1.29 is 9.47 Å². The van der Waals surface area contributed by atoms with E-state index in [9.17, 15) is 0 Å². The number of benzene rings is 2. The highest BCUT2D eigenvalue weighted by Gasteiger charge is 2.27. The zero-order valence-corrected chi connectivity index (χ0v) is 33.7. The van der Waals surface area contributed by atoms with Gasteiger partial charge in [0, 0.05) is 95.3 Å². The number of piperazine rings is 2. The van der Waals surface area contributed by atoms with Gasteiger partial charge in [-0.2, -0.15) is 0 Å². The van der Waals surface area contributed by atoms with E-state index in [4.69, 9.17) is 21.1 Å². The maximum Gasteiger partial charge on any atom is 0.321 e. The molecule has 2 unspecified atom stereocenters. The molecule has 2 saturated heterocycles. The van der Waals surface area contributed by atoms with Crippen LogP contribution in [0.15, 0.2) is 85.5 Å². The van der Waals surface area contributed by atoms with Gasteiger partial charge in [-0.25, -0.2) is 19.9 Å². The van der Waals surface area contributed by atoms with E-state index in [1.54, 1.807) is 36.9 Å². The molecule has 0 amide bonds. The molecule has 0 bridgehead atoms. The van der Waals surface area contributed by atoms with Crippen LogP contribution >= 0.6 is 11.6 Å². The van der Waals surface area contributed by atoms with Crippen LogP contribution in [0, 0.1) is 0 Å². The van der Waals surface area contributed by atoms with Crippen LogP contribution in [0.2, 0.25) is 0 Å². The van der Waals surface area contributed by atoms with Crippen molar-refractivity contribution in [1.29, 1.82) is 0 Å². The Bertz CT molecular complexity index is 1590. The summed E-state index contributed by atoms with van der Waals surface area (Å²) in [6.07, 6.45) is 21.1. The smallest absolute Gasteiger partial charge is 0.321 e. The number of rotatable bonds is 9. The number of halogens is 1. The molecule has 56 heavy (non-hydrogen) atoms. The molecule has 11 heteroatoms. The van der Waals surface area contributed by atoms with Crippen molar-refractivity contribution in [2.45, 2.75) is 109 Å². The van der Waals surface area contributed by atoms with Crippen molar-refractivity contribution in [3.8, 4) is 23.5 Å². The highest BCUT2D eigenvalue weighted by Crippen LogP contribution is 2.29. The predicted molar refractivity (Wildman–Crippen MR) is 228 cm³/mol. The summed E-state index contributed by atoms with van der Waals surface area (Å²) in [5.74, 6) is 1.48. The maximum absolute atomic E-state index is 5.95. The monoisotopic (exact) mass is 784 g/mol. The summed E-state index contributed by atoms with van der Waals surface area (Å²) in [5, 5.41) is 3.41. The van der Waals surface area contributed by atoms with Crippen LogP contribution in [0.3, 0.4) is 0 Å². The molecule has 4 fully saturated rings. The number of hydrogen-bond donors (Lipinski definition) is 1. The molecular weight excluding hydrogens is 720 g/mol. The number of alkyl halides is 1. The van der Waals surface area contributed by atoms with E-state index in [1.165, 1.54) is 109 Å². The highest BCUT2D eigenvalue weighted by molar-refractivity contribution is 6.20. The van der Waals surface area contributed by atoms with Gasteiger partial charge in [-0.1, -0.05) is 70.2 Å². The van der Waals surface area contributed by atoms with Crippen molar-refractivity contribution in [3.63, 3.8) is 0 Å². The van der Waals surface area contributed by atoms with Crippen molar-refractivity contribution in [2.75, 3.05) is 52.4 Å². The van der Waals surface area contributed by atoms with E-state index >= 15 is 0 Å². The Morgan fingerprint density at radius 2 is 0.982 bits per heavy atom. The van der Waals surface area contributed by atoms with Gasteiger partial charge in [0.25, 0.3) is 0 Å². The number of ether oxygens (including phenoxy) is 2. The standard InChI is InChI=1S/C22H30N4O.C12H11ClN2O.C10H20N2.CH4/c1-18(25-14-16-26(17-15-25)20-6-3-2-4-7-20)19-8-10-21(11-9-19)27-22-23-12-5-13-24-22;1-9(13)10-3-5-11(6-4-10)16-12-14-7-2-8-15-12;1-2-4-10(5-3-1)12-8-6-11-7-9-12;/h5,8-13,18,20H,2-4,6-7,14-17H2,1H3;2-9H,1H3;10-11H,1-9H2;1H4. The van der Waals surface area contributed by atoms with Crippen LogP contribution < -0.4 is 14.8 Å². The summed E-state index contributed by atoms with van der Waals surface area (Å²) in [5.41, 5.74) is 2.39. The number of nitrogens with zero attached hydrogens (tertiary/aromatic N) is 7. The number of nitrogens with one attached hydrogen (secondary N) is 1. The van der Waals surface area contributed by atoms with Gasteiger partial charge in [0.15, 0.2) is 0 Å². The molecule has 8 rings (SSSR count). The zero-order chi connectivity index (χ0) is 38.1. The average molecular weight is 786 g/mol. The molecule has 1 N–H and O–H groups in total. The Labute approximate surface area is 341 Å². The Hall–Kier alpha value is -3.67. The molecule has 4 heterocycles. The molecule has 2 saturated carbocycles. The van der Waals surface area contributed by atoms with Gasteiger partial charge in [0.2, 0.25) is 0 Å². The lowest BCUT2D eigenvalue weighted by atomic mass is 9.93.